The molecule has 3 N–H and O–H groups in total. The summed E-state index contributed by atoms with van der Waals surface area (Å²) in [7, 11) is 0. The van der Waals surface area contributed by atoms with E-state index in [2.05, 4.69) is 34.2 Å². The molecule has 2 aliphatic rings. The van der Waals surface area contributed by atoms with Crippen LogP contribution in [0, 0.1) is 11.8 Å². The number of carboxylic acid groups (broad SMARTS) is 1. The highest BCUT2D eigenvalue weighted by molar-refractivity contribution is 5.91. The molecule has 158 valence electrons. The number of aliphatic carboxylic acids is 1. The second-order valence-electron chi connectivity index (χ2n) is 9.01. The Bertz CT molecular complexity index is 974. The van der Waals surface area contributed by atoms with Crippen molar-refractivity contribution in [1.29, 1.82) is 0 Å². The molecule has 2 aromatic rings. The Kier molecular flexibility index (Phi) is 5.26. The molecule has 6 heteroatoms. The number of nitrogens with zero attached hydrogens (tertiary/aromatic N) is 2. The van der Waals surface area contributed by atoms with E-state index < -0.39 is 11.6 Å². The first kappa shape index (κ1) is 20.4. The fourth-order valence-corrected chi connectivity index (χ4v) is 4.74. The van der Waals surface area contributed by atoms with Gasteiger partial charge in [-0.1, -0.05) is 31.2 Å². The number of fused-ring (bicyclic) bond motifs is 1. The molecule has 0 bridgehead atoms. The number of ether oxygens (including phenoxy) is 1. The zero-order valence-corrected chi connectivity index (χ0v) is 17.8. The van der Waals surface area contributed by atoms with E-state index in [1.165, 1.54) is 11.9 Å². The number of aromatic nitrogens is 2. The van der Waals surface area contributed by atoms with Crippen LogP contribution in [0.2, 0.25) is 0 Å². The van der Waals surface area contributed by atoms with Gasteiger partial charge in [-0.15, -0.1) is 0 Å². The minimum Gasteiger partial charge on any atom is -0.481 e. The Balaban J connectivity index is 1.53. The molecule has 0 radical (unpaired) electrons. The molecular weight excluding hydrogens is 378 g/mol. The van der Waals surface area contributed by atoms with Gasteiger partial charge in [-0.05, 0) is 68.6 Å². The second kappa shape index (κ2) is 7.74. The molecule has 1 unspecified atom stereocenters. The minimum absolute atomic E-state index is 0.256. The van der Waals surface area contributed by atoms with E-state index in [0.29, 0.717) is 17.6 Å². The van der Waals surface area contributed by atoms with Crippen molar-refractivity contribution < 1.29 is 14.6 Å². The zero-order valence-electron chi connectivity index (χ0n) is 17.8. The Morgan fingerprint density at radius 1 is 1.17 bits per heavy atom. The fourth-order valence-electron chi connectivity index (χ4n) is 4.74. The number of hydrogen-bond donors (Lipinski definition) is 2. The van der Waals surface area contributed by atoms with E-state index in [0.717, 1.165) is 42.4 Å². The number of nitrogen functional groups attached to an aromatic ring is 1. The Labute approximate surface area is 177 Å². The van der Waals surface area contributed by atoms with Gasteiger partial charge < -0.3 is 15.6 Å². The highest BCUT2D eigenvalue weighted by Crippen LogP contribution is 2.42. The number of benzene rings is 1. The molecule has 1 aromatic heterocycles. The van der Waals surface area contributed by atoms with E-state index >= 15 is 0 Å². The van der Waals surface area contributed by atoms with E-state index in [1.807, 2.05) is 26.8 Å². The molecule has 1 saturated carbocycles. The van der Waals surface area contributed by atoms with Crippen LogP contribution in [0.15, 0.2) is 30.6 Å². The Hall–Kier alpha value is -2.89. The van der Waals surface area contributed by atoms with Crippen molar-refractivity contribution >= 4 is 23.4 Å². The molecule has 4 rings (SSSR count). The van der Waals surface area contributed by atoms with Gasteiger partial charge in [0.05, 0.1) is 11.5 Å². The van der Waals surface area contributed by atoms with Crippen LogP contribution in [0.5, 0.6) is 5.88 Å². The van der Waals surface area contributed by atoms with Gasteiger partial charge >= 0.3 is 5.97 Å². The number of nitrogens with two attached hydrogens (primary N) is 1. The van der Waals surface area contributed by atoms with Gasteiger partial charge in [0.15, 0.2) is 0 Å². The normalized spacial score (nSPS) is 23.6. The van der Waals surface area contributed by atoms with E-state index in [-0.39, 0.29) is 11.8 Å². The second-order valence-corrected chi connectivity index (χ2v) is 9.01. The standard InChI is InChI=1S/C24H29N3O3/c1-14(23(28)29)15-4-6-16(7-5-15)17-8-10-18(11-9-17)20-12-19-21(25)26-13-27-22(19)30-24(20,2)3/h8-16H,4-7H2,1-3H3,(H,28,29)(H2,25,26,27)/t14?,15-,16-. The number of carboxylic acids is 1. The third kappa shape index (κ3) is 3.78. The summed E-state index contributed by atoms with van der Waals surface area (Å²) in [5.41, 5.74) is 9.68. The molecule has 6 nitrogen and oxygen atoms in total. The SMILES string of the molecule is CC(C(=O)O)[C@H]1CC[C@H](c2ccc(C3=Cc4c(N)ncnc4OC3(C)C)cc2)CC1. The maximum absolute atomic E-state index is 11.3. The van der Waals surface area contributed by atoms with Gasteiger partial charge in [0.2, 0.25) is 5.88 Å². The maximum atomic E-state index is 11.3. The fraction of sp³-hybridized carbons (Fsp3) is 0.458. The quantitative estimate of drug-likeness (QED) is 0.758. The van der Waals surface area contributed by atoms with Crippen LogP contribution in [0.1, 0.15) is 69.1 Å². The first-order valence-electron chi connectivity index (χ1n) is 10.6. The molecule has 0 saturated heterocycles. The first-order chi connectivity index (χ1) is 14.3. The van der Waals surface area contributed by atoms with Gasteiger partial charge in [0, 0.05) is 5.57 Å². The van der Waals surface area contributed by atoms with Crippen molar-refractivity contribution in [3.8, 4) is 5.88 Å². The van der Waals surface area contributed by atoms with Crippen molar-refractivity contribution in [3.05, 3.63) is 47.3 Å². The summed E-state index contributed by atoms with van der Waals surface area (Å²) in [4.78, 5) is 19.5. The monoisotopic (exact) mass is 407 g/mol. The molecule has 1 fully saturated rings. The van der Waals surface area contributed by atoms with Crippen LogP contribution in [0.3, 0.4) is 0 Å². The minimum atomic E-state index is -0.680. The van der Waals surface area contributed by atoms with E-state index in [1.54, 1.807) is 0 Å². The van der Waals surface area contributed by atoms with Gasteiger partial charge in [0.1, 0.15) is 17.7 Å². The molecular formula is C24H29N3O3. The summed E-state index contributed by atoms with van der Waals surface area (Å²) in [5, 5.41) is 9.26. The number of carbonyl (C=O) groups is 1. The molecule has 1 aliphatic carbocycles. The predicted octanol–water partition coefficient (Wildman–Crippen LogP) is 4.76. The largest absolute Gasteiger partial charge is 0.481 e. The van der Waals surface area contributed by atoms with Gasteiger partial charge in [-0.25, -0.2) is 9.97 Å². The molecule has 0 amide bonds. The molecule has 1 aliphatic heterocycles. The number of hydrogen-bond acceptors (Lipinski definition) is 5. The lowest BCUT2D eigenvalue weighted by Gasteiger charge is -2.34. The smallest absolute Gasteiger partial charge is 0.306 e. The lowest BCUT2D eigenvalue weighted by Crippen LogP contribution is -2.33. The van der Waals surface area contributed by atoms with Gasteiger partial charge in [-0.2, -0.15) is 0 Å². The van der Waals surface area contributed by atoms with Crippen molar-refractivity contribution in [2.24, 2.45) is 11.8 Å². The molecule has 1 atom stereocenters. The van der Waals surface area contributed by atoms with Crippen LogP contribution in [0.4, 0.5) is 5.82 Å². The summed E-state index contributed by atoms with van der Waals surface area (Å²) in [5.74, 6) is 0.771. The number of rotatable bonds is 4. The highest BCUT2D eigenvalue weighted by Gasteiger charge is 2.33. The van der Waals surface area contributed by atoms with Gasteiger partial charge in [-0.3, -0.25) is 4.79 Å². The molecule has 30 heavy (non-hydrogen) atoms. The summed E-state index contributed by atoms with van der Waals surface area (Å²) in [6.07, 6.45) is 7.48. The zero-order chi connectivity index (χ0) is 21.5. The number of anilines is 1. The van der Waals surface area contributed by atoms with Crippen LogP contribution in [-0.4, -0.2) is 26.6 Å². The van der Waals surface area contributed by atoms with Crippen LogP contribution >= 0.6 is 0 Å². The van der Waals surface area contributed by atoms with E-state index in [4.69, 9.17) is 10.5 Å². The predicted molar refractivity (Wildman–Crippen MR) is 117 cm³/mol. The summed E-state index contributed by atoms with van der Waals surface area (Å²) in [6.45, 7) is 5.89. The molecule has 2 heterocycles. The summed E-state index contributed by atoms with van der Waals surface area (Å²) >= 11 is 0. The Morgan fingerprint density at radius 3 is 2.47 bits per heavy atom. The van der Waals surface area contributed by atoms with Crippen molar-refractivity contribution in [1.82, 2.24) is 9.97 Å². The maximum Gasteiger partial charge on any atom is 0.306 e. The van der Waals surface area contributed by atoms with Crippen molar-refractivity contribution in [3.63, 3.8) is 0 Å². The van der Waals surface area contributed by atoms with Gasteiger partial charge in [0.25, 0.3) is 0 Å². The highest BCUT2D eigenvalue weighted by atomic mass is 16.5. The summed E-state index contributed by atoms with van der Waals surface area (Å²) in [6, 6.07) is 8.67. The topological polar surface area (TPSA) is 98.3 Å². The average Bonchev–Trinajstić information content (AvgIpc) is 2.72. The third-order valence-corrected chi connectivity index (χ3v) is 6.73. The van der Waals surface area contributed by atoms with E-state index in [9.17, 15) is 9.90 Å². The summed E-state index contributed by atoms with van der Waals surface area (Å²) < 4.78 is 6.12. The molecule has 0 spiro atoms. The lowest BCUT2D eigenvalue weighted by molar-refractivity contribution is -0.143. The van der Waals surface area contributed by atoms with Crippen LogP contribution < -0.4 is 10.5 Å². The third-order valence-electron chi connectivity index (χ3n) is 6.73. The average molecular weight is 408 g/mol. The van der Waals surface area contributed by atoms with Crippen LogP contribution in [-0.2, 0) is 4.79 Å². The lowest BCUT2D eigenvalue weighted by atomic mass is 9.74. The van der Waals surface area contributed by atoms with Crippen LogP contribution in [0.25, 0.3) is 11.6 Å². The first-order valence-corrected chi connectivity index (χ1v) is 10.6. The van der Waals surface area contributed by atoms with Crippen molar-refractivity contribution in [2.75, 3.05) is 5.73 Å². The van der Waals surface area contributed by atoms with Crippen molar-refractivity contribution in [2.45, 2.75) is 58.0 Å². The Morgan fingerprint density at radius 2 is 1.83 bits per heavy atom. The molecule has 1 aromatic carbocycles.